The molecule has 12 unspecified atom stereocenters. The molecule has 1 saturated carbocycles. The van der Waals surface area contributed by atoms with Crippen molar-refractivity contribution in [1.82, 2.24) is 26.2 Å². The molecule has 1 aliphatic carbocycles. The molecule has 4 aliphatic rings. The van der Waals surface area contributed by atoms with Gasteiger partial charge in [-0.2, -0.15) is 0 Å². The lowest BCUT2D eigenvalue weighted by atomic mass is 9.81. The summed E-state index contributed by atoms with van der Waals surface area (Å²) in [5.74, 6) is -1.74. The van der Waals surface area contributed by atoms with Gasteiger partial charge in [-0.25, -0.2) is 0 Å². The minimum atomic E-state index is -1.89. The minimum Gasteiger partial charge on any atom is -0.484 e. The van der Waals surface area contributed by atoms with Crippen molar-refractivity contribution in [3.05, 3.63) is 66.2 Å². The summed E-state index contributed by atoms with van der Waals surface area (Å²) in [5.41, 5.74) is 1.94. The Morgan fingerprint density at radius 3 is 2.09 bits per heavy atom. The predicted octanol–water partition coefficient (Wildman–Crippen LogP) is -3.94. The monoisotopic (exact) mass is 1130 g/mol. The van der Waals surface area contributed by atoms with Crippen molar-refractivity contribution in [3.8, 4) is 16.9 Å². The van der Waals surface area contributed by atoms with E-state index in [0.29, 0.717) is 30.7 Å². The van der Waals surface area contributed by atoms with Gasteiger partial charge < -0.3 is 100 Å². The maximum absolute atomic E-state index is 13.0. The van der Waals surface area contributed by atoms with Crippen LogP contribution < -0.4 is 26.0 Å². The largest absolute Gasteiger partial charge is 0.484 e. The first-order chi connectivity index (χ1) is 38.3. The number of carbonyl (C=O) groups is 6. The number of aliphatic hydroxyl groups is 9. The second kappa shape index (κ2) is 31.0. The number of hydrogen-bond acceptors (Lipinski definition) is 22. The van der Waals surface area contributed by atoms with E-state index in [9.17, 15) is 74.7 Å². The minimum absolute atomic E-state index is 0.0921. The van der Waals surface area contributed by atoms with Gasteiger partial charge in [0.2, 0.25) is 11.8 Å². The number of carbonyl (C=O) groups excluding carboxylic acids is 6. The van der Waals surface area contributed by atoms with Crippen LogP contribution in [0.2, 0.25) is 0 Å². The molecule has 14 atom stereocenters. The van der Waals surface area contributed by atoms with Crippen molar-refractivity contribution in [1.29, 1.82) is 0 Å². The molecule has 3 aliphatic heterocycles. The van der Waals surface area contributed by atoms with Crippen molar-refractivity contribution < 1.29 is 108 Å². The van der Waals surface area contributed by atoms with Crippen LogP contribution in [-0.4, -0.2) is 238 Å². The van der Waals surface area contributed by atoms with Crippen molar-refractivity contribution in [2.45, 2.75) is 132 Å². The zero-order chi connectivity index (χ0) is 58.0. The molecule has 80 heavy (non-hydrogen) atoms. The zero-order valence-electron chi connectivity index (χ0n) is 44.4. The zero-order valence-corrected chi connectivity index (χ0v) is 44.4. The molecular weight excluding hydrogens is 1060 g/mol. The Hall–Kier alpha value is -5.60. The lowest BCUT2D eigenvalue weighted by molar-refractivity contribution is -0.335. The van der Waals surface area contributed by atoms with Gasteiger partial charge in [-0.15, -0.1) is 0 Å². The second-order valence-electron chi connectivity index (χ2n) is 20.0. The standard InChI is InChI=1S/C53H75N5O22/c1-28(62)37(23-59)77-51(36(64)26-76-53-47(71)46(70)44(68)38(24-60)78-53)80-48-39(25-61)79-52(43(45(48)69)57-29(2)63)74-20-4-17-54-40(65)27-75-35-13-11-31(12-14-35)33-5-3-6-34(21-33)50(73)56-19-18-55-49(72)32-9-7-30(8-10-32)22-58-41(66)15-16-42(58)67/h3,5-6,11-16,21,28,30,32,36-39,43-48,51-53,59-62,64,68-71H,4,7-10,17-20,22-27H2,1-2H3,(H,54,65)(H,55,72)(H,56,73)(H,57,63)/t28-,30?,32?,36+,37?,38?,39?,43?,44?,45?,46?,47?,48?,51?,52?,53?/m1/s1. The number of rotatable bonds is 29. The number of ether oxygens (including phenoxy) is 7. The average Bonchev–Trinajstić information content (AvgIpc) is 3.77. The molecule has 3 heterocycles. The van der Waals surface area contributed by atoms with Gasteiger partial charge in [0, 0.05) is 56.7 Å². The fourth-order valence-electron chi connectivity index (χ4n) is 9.46. The number of nitrogens with zero attached hydrogens (tertiary/aromatic N) is 1. The van der Waals surface area contributed by atoms with Crippen LogP contribution in [0.5, 0.6) is 5.75 Å². The van der Waals surface area contributed by atoms with Gasteiger partial charge >= 0.3 is 0 Å². The topological polar surface area (TPSA) is 400 Å². The van der Waals surface area contributed by atoms with Gasteiger partial charge in [0.1, 0.15) is 66.7 Å². The number of aliphatic hydroxyl groups excluding tert-OH is 9. The first kappa shape index (κ1) is 63.6. The van der Waals surface area contributed by atoms with Crippen LogP contribution in [0.3, 0.4) is 0 Å². The lowest BCUT2D eigenvalue weighted by Gasteiger charge is -2.45. The highest BCUT2D eigenvalue weighted by molar-refractivity contribution is 6.12. The molecule has 3 fully saturated rings. The molecule has 2 aromatic carbocycles. The van der Waals surface area contributed by atoms with Crippen LogP contribution in [0.25, 0.3) is 11.1 Å². The Morgan fingerprint density at radius 2 is 1.44 bits per heavy atom. The summed E-state index contributed by atoms with van der Waals surface area (Å²) >= 11 is 0. The van der Waals surface area contributed by atoms with E-state index >= 15 is 0 Å². The number of imide groups is 1. The van der Waals surface area contributed by atoms with Crippen molar-refractivity contribution in [2.24, 2.45) is 11.8 Å². The number of nitrogens with one attached hydrogen (secondary N) is 4. The Kier molecular flexibility index (Phi) is 24.6. The van der Waals surface area contributed by atoms with Crippen molar-refractivity contribution >= 4 is 35.4 Å². The average molecular weight is 1130 g/mol. The predicted molar refractivity (Wildman–Crippen MR) is 275 cm³/mol. The van der Waals surface area contributed by atoms with Gasteiger partial charge in [-0.3, -0.25) is 33.7 Å². The summed E-state index contributed by atoms with van der Waals surface area (Å²) in [5, 5.41) is 104. The molecule has 13 N–H and O–H groups in total. The Labute approximate surface area is 461 Å². The number of amides is 6. The maximum Gasteiger partial charge on any atom is 0.257 e. The molecule has 27 nitrogen and oxygen atoms in total. The van der Waals surface area contributed by atoms with E-state index in [1.54, 1.807) is 42.5 Å². The maximum atomic E-state index is 13.0. The summed E-state index contributed by atoms with van der Waals surface area (Å²) in [6, 6.07) is 12.5. The summed E-state index contributed by atoms with van der Waals surface area (Å²) in [7, 11) is 0. The molecule has 6 rings (SSSR count). The fourth-order valence-corrected chi connectivity index (χ4v) is 9.46. The van der Waals surface area contributed by atoms with Crippen LogP contribution >= 0.6 is 0 Å². The molecule has 0 spiro atoms. The summed E-state index contributed by atoms with van der Waals surface area (Å²) in [4.78, 5) is 75.9. The molecule has 27 heteroatoms. The molecule has 0 aromatic heterocycles. The lowest BCUT2D eigenvalue weighted by Crippen LogP contribution is -2.66. The van der Waals surface area contributed by atoms with Gasteiger partial charge in [0.25, 0.3) is 23.6 Å². The molecule has 2 saturated heterocycles. The van der Waals surface area contributed by atoms with Crippen molar-refractivity contribution in [3.63, 3.8) is 0 Å². The molecular formula is C53H75N5O22. The summed E-state index contributed by atoms with van der Waals surface area (Å²) in [6.07, 6.45) is -15.5. The first-order valence-corrected chi connectivity index (χ1v) is 26.5. The third kappa shape index (κ3) is 17.7. The SMILES string of the molecule is CC(=O)NC1C(OCCCNC(=O)COc2ccc(-c3cccc(C(=O)NCCNC(=O)C4CCC(CN5C(=O)C=CC5=O)CC4)c3)cc2)OC(CO)C(OC(OC(CO)[C@@H](C)O)[C@@H](O)COC2OC(CO)C(O)C(O)C2O)C1O. The molecule has 6 amide bonds. The van der Waals surface area contributed by atoms with Crippen molar-refractivity contribution in [2.75, 3.05) is 65.8 Å². The van der Waals surface area contributed by atoms with E-state index in [1.807, 2.05) is 6.07 Å². The summed E-state index contributed by atoms with van der Waals surface area (Å²) in [6.45, 7) is -0.242. The highest BCUT2D eigenvalue weighted by atomic mass is 16.7. The van der Waals surface area contributed by atoms with E-state index in [1.165, 1.54) is 24.0 Å². The van der Waals surface area contributed by atoms with Crippen LogP contribution in [0.4, 0.5) is 0 Å². The molecule has 0 bridgehead atoms. The Bertz CT molecular complexity index is 2350. The van der Waals surface area contributed by atoms with Gasteiger partial charge in [-0.05, 0) is 80.3 Å². The van der Waals surface area contributed by atoms with Gasteiger partial charge in [0.15, 0.2) is 25.5 Å². The fraction of sp³-hybridized carbons (Fsp3) is 0.623. The third-order valence-corrected chi connectivity index (χ3v) is 14.0. The molecule has 444 valence electrons. The molecule has 0 radical (unpaired) electrons. The van der Waals surface area contributed by atoms with E-state index in [-0.39, 0.29) is 74.7 Å². The Morgan fingerprint density at radius 1 is 0.762 bits per heavy atom. The quantitative estimate of drug-likeness (QED) is 0.0210. The van der Waals surface area contributed by atoms with E-state index in [4.69, 9.17) is 33.2 Å². The van der Waals surface area contributed by atoms with E-state index in [0.717, 1.165) is 30.9 Å². The second-order valence-corrected chi connectivity index (χ2v) is 20.0. The highest BCUT2D eigenvalue weighted by Gasteiger charge is 2.49. The van der Waals surface area contributed by atoms with E-state index in [2.05, 4.69) is 21.3 Å². The van der Waals surface area contributed by atoms with Crippen LogP contribution in [-0.2, 0) is 52.4 Å². The highest BCUT2D eigenvalue weighted by Crippen LogP contribution is 2.31. The number of benzene rings is 2. The van der Waals surface area contributed by atoms with Crippen LogP contribution in [0, 0.1) is 11.8 Å². The number of hydrogen-bond donors (Lipinski definition) is 13. The van der Waals surface area contributed by atoms with Crippen LogP contribution in [0.15, 0.2) is 60.7 Å². The van der Waals surface area contributed by atoms with Crippen LogP contribution in [0.1, 0.15) is 56.3 Å². The van der Waals surface area contributed by atoms with Gasteiger partial charge in [0.05, 0.1) is 39.1 Å². The summed E-state index contributed by atoms with van der Waals surface area (Å²) < 4.78 is 39.8. The Balaban J connectivity index is 0.909. The third-order valence-electron chi connectivity index (χ3n) is 14.0. The smallest absolute Gasteiger partial charge is 0.257 e. The van der Waals surface area contributed by atoms with Gasteiger partial charge in [-0.1, -0.05) is 24.3 Å². The molecule has 2 aromatic rings. The normalized spacial score (nSPS) is 28.4. The van der Waals surface area contributed by atoms with E-state index < -0.39 is 124 Å². The first-order valence-electron chi connectivity index (χ1n) is 26.5.